The highest BCUT2D eigenvalue weighted by Crippen LogP contribution is 1.68. The van der Waals surface area contributed by atoms with E-state index in [1.807, 2.05) is 11.5 Å². The van der Waals surface area contributed by atoms with E-state index in [0.29, 0.717) is 0 Å². The Morgan fingerprint density at radius 1 is 1.30 bits per heavy atom. The molecule has 1 rings (SSSR count). The van der Waals surface area contributed by atoms with E-state index in [2.05, 4.69) is 0 Å². The molecule has 1 aliphatic rings. The molecule has 0 spiro atoms. The summed E-state index contributed by atoms with van der Waals surface area (Å²) in [6.07, 6.45) is 3.57. The van der Waals surface area contributed by atoms with Crippen LogP contribution < -0.4 is 24.0 Å². The van der Waals surface area contributed by atoms with E-state index in [-0.39, 0.29) is 0 Å². The van der Waals surface area contributed by atoms with Gasteiger partial charge in [0.05, 0.1) is 0 Å². The Hall–Kier alpha value is -0.370. The zero-order valence-electron chi connectivity index (χ0n) is 4.86. The number of halogens is 1. The van der Waals surface area contributed by atoms with E-state index in [0.717, 1.165) is 6.73 Å². The van der Waals surface area contributed by atoms with Crippen molar-refractivity contribution in [2.24, 2.45) is 0 Å². The highest BCUT2D eigenvalue weighted by Gasteiger charge is 1.86. The van der Waals surface area contributed by atoms with Gasteiger partial charge in [0.2, 0.25) is 6.73 Å². The first-order valence-electron chi connectivity index (χ1n) is 2.22. The fourth-order valence-corrected chi connectivity index (χ4v) is 0.278. The fraction of sp³-hybridized carbons (Fsp3) is 0.333. The maximum absolute atomic E-state index is 8.49. The first-order valence-corrected chi connectivity index (χ1v) is 3.45. The van der Waals surface area contributed by atoms with Crippen molar-refractivity contribution in [2.75, 3.05) is 6.73 Å². The average molecular weight is 172 g/mol. The molecule has 0 radical (unpaired) electrons. The molecular weight excluding hydrogens is 165 g/mol. The Balaban J connectivity index is 0.000000162. The average Bonchev–Trinajstić information content (AvgIpc) is 2.07. The topological polar surface area (TPSA) is 118 Å². The third-order valence-electron chi connectivity index (χ3n) is 0.503. The molecule has 0 aromatic heterocycles. The lowest BCUT2D eigenvalue weighted by molar-refractivity contribution is -2.00. The van der Waals surface area contributed by atoms with Crippen molar-refractivity contribution in [1.29, 1.82) is 0 Å². The number of hydrogen-bond acceptors (Lipinski definition) is 5. The van der Waals surface area contributed by atoms with Crippen molar-refractivity contribution >= 4 is 0 Å². The van der Waals surface area contributed by atoms with Gasteiger partial charge in [0.25, 0.3) is 0 Å². The number of quaternary nitrogens is 1. The summed E-state index contributed by atoms with van der Waals surface area (Å²) in [6.45, 7) is 0.764. The molecular formula is C3H6ClNO5. The van der Waals surface area contributed by atoms with Gasteiger partial charge in [0.15, 0.2) is 0 Å². The van der Waals surface area contributed by atoms with Crippen LogP contribution in [0.3, 0.4) is 0 Å². The number of nitrogens with two attached hydrogens (primary N) is 1. The predicted molar refractivity (Wildman–Crippen MR) is 17.0 cm³/mol. The Labute approximate surface area is 59.1 Å². The molecule has 2 N–H and O–H groups in total. The van der Waals surface area contributed by atoms with Gasteiger partial charge in [-0.15, -0.1) is 10.2 Å². The van der Waals surface area contributed by atoms with Crippen molar-refractivity contribution in [3.63, 3.8) is 0 Å². The Morgan fingerprint density at radius 2 is 1.80 bits per heavy atom. The van der Waals surface area contributed by atoms with Crippen LogP contribution in [0.1, 0.15) is 0 Å². The van der Waals surface area contributed by atoms with Gasteiger partial charge in [-0.3, -0.25) is 5.32 Å². The minimum Gasteiger partial charge on any atom is -0.447 e. The maximum atomic E-state index is 8.49. The second-order valence-corrected chi connectivity index (χ2v) is 2.03. The van der Waals surface area contributed by atoms with Gasteiger partial charge in [0.1, 0.15) is 12.5 Å². The molecule has 0 amide bonds. The molecule has 0 bridgehead atoms. The van der Waals surface area contributed by atoms with E-state index in [4.69, 9.17) is 23.4 Å². The molecule has 1 heterocycles. The monoisotopic (exact) mass is 171 g/mol. The quantitative estimate of drug-likeness (QED) is 0.390. The van der Waals surface area contributed by atoms with Crippen LogP contribution in [-0.4, -0.2) is 6.73 Å². The van der Waals surface area contributed by atoms with Gasteiger partial charge in [-0.2, -0.15) is 0 Å². The zero-order chi connectivity index (χ0) is 8.04. The van der Waals surface area contributed by atoms with Crippen molar-refractivity contribution in [3.8, 4) is 0 Å². The minimum absolute atomic E-state index is 0.764. The Kier molecular flexibility index (Phi) is 4.28. The van der Waals surface area contributed by atoms with Crippen molar-refractivity contribution in [3.05, 3.63) is 12.5 Å². The van der Waals surface area contributed by atoms with E-state index < -0.39 is 10.2 Å². The molecule has 0 aromatic rings. The van der Waals surface area contributed by atoms with Crippen LogP contribution in [-0.2, 0) is 4.74 Å². The summed E-state index contributed by atoms with van der Waals surface area (Å²) in [6, 6.07) is 0. The standard InChI is InChI=1S/C3H5NO.ClHO4/c1-2-5-3-4-1;2-1(3,4)5/h1-2,4H,3H2;(H,2,3,4,5). The van der Waals surface area contributed by atoms with E-state index >= 15 is 0 Å². The Morgan fingerprint density at radius 3 is 1.90 bits per heavy atom. The summed E-state index contributed by atoms with van der Waals surface area (Å²) in [7, 11) is -4.94. The molecule has 10 heavy (non-hydrogen) atoms. The third-order valence-corrected chi connectivity index (χ3v) is 0.503. The summed E-state index contributed by atoms with van der Waals surface area (Å²) in [4.78, 5) is 0. The zero-order valence-corrected chi connectivity index (χ0v) is 5.61. The van der Waals surface area contributed by atoms with Crippen LogP contribution in [0.4, 0.5) is 0 Å². The SMILES string of the molecule is C1=COC[NH2+]1.[O-][Cl+3]([O-])([O-])[O-]. The molecule has 1 aliphatic heterocycles. The van der Waals surface area contributed by atoms with Gasteiger partial charge in [-0.1, -0.05) is 0 Å². The van der Waals surface area contributed by atoms with E-state index in [9.17, 15) is 0 Å². The predicted octanol–water partition coefficient (Wildman–Crippen LogP) is -5.75. The van der Waals surface area contributed by atoms with Crippen molar-refractivity contribution in [1.82, 2.24) is 0 Å². The highest BCUT2D eigenvalue weighted by molar-refractivity contribution is 4.57. The lowest BCUT2D eigenvalue weighted by Gasteiger charge is -2.17. The van der Waals surface area contributed by atoms with E-state index in [1.165, 1.54) is 0 Å². The second-order valence-electron chi connectivity index (χ2n) is 1.28. The second kappa shape index (κ2) is 4.45. The Bertz CT molecular complexity index is 98.0. The molecule has 0 aliphatic carbocycles. The minimum atomic E-state index is -4.94. The molecule has 0 aromatic carbocycles. The molecule has 0 atom stereocenters. The summed E-state index contributed by atoms with van der Waals surface area (Å²) < 4.78 is 38.7. The first kappa shape index (κ1) is 9.63. The number of ether oxygens (including phenoxy) is 1. The van der Waals surface area contributed by atoms with Crippen LogP contribution in [0.25, 0.3) is 0 Å². The first-order chi connectivity index (χ1) is 4.50. The van der Waals surface area contributed by atoms with Crippen molar-refractivity contribution < 1.29 is 38.9 Å². The van der Waals surface area contributed by atoms with Gasteiger partial charge in [-0.25, -0.2) is 18.6 Å². The lowest BCUT2D eigenvalue weighted by Crippen LogP contribution is -2.75. The third kappa shape index (κ3) is 15.6. The molecule has 6 nitrogen and oxygen atoms in total. The van der Waals surface area contributed by atoms with Gasteiger partial charge in [0, 0.05) is 0 Å². The normalized spacial score (nSPS) is 15.6. The highest BCUT2D eigenvalue weighted by atomic mass is 35.7. The van der Waals surface area contributed by atoms with Gasteiger partial charge >= 0.3 is 0 Å². The number of rotatable bonds is 0. The molecule has 60 valence electrons. The molecule has 0 unspecified atom stereocenters. The van der Waals surface area contributed by atoms with Gasteiger partial charge in [-0.05, 0) is 0 Å². The molecule has 0 saturated carbocycles. The summed E-state index contributed by atoms with van der Waals surface area (Å²) in [5.41, 5.74) is 0. The van der Waals surface area contributed by atoms with Crippen LogP contribution in [0.15, 0.2) is 12.5 Å². The van der Waals surface area contributed by atoms with Crippen LogP contribution in [0.2, 0.25) is 0 Å². The van der Waals surface area contributed by atoms with Gasteiger partial charge < -0.3 is 4.74 Å². The smallest absolute Gasteiger partial charge is 0.224 e. The molecule has 0 fully saturated rings. The van der Waals surface area contributed by atoms with E-state index in [1.54, 1.807) is 6.26 Å². The van der Waals surface area contributed by atoms with Crippen LogP contribution in [0.5, 0.6) is 0 Å². The van der Waals surface area contributed by atoms with Crippen LogP contribution >= 0.6 is 0 Å². The van der Waals surface area contributed by atoms with Crippen LogP contribution in [0, 0.1) is 10.2 Å². The largest absolute Gasteiger partial charge is 0.447 e. The summed E-state index contributed by atoms with van der Waals surface area (Å²) in [5.74, 6) is 0. The molecule has 7 heteroatoms. The maximum Gasteiger partial charge on any atom is 0.224 e. The fourth-order valence-electron chi connectivity index (χ4n) is 0.278. The molecule has 0 saturated heterocycles. The number of hydrogen-bond donors (Lipinski definition) is 1. The van der Waals surface area contributed by atoms with Crippen molar-refractivity contribution in [2.45, 2.75) is 0 Å². The summed E-state index contributed by atoms with van der Waals surface area (Å²) in [5, 5.41) is 1.96. The summed E-state index contributed by atoms with van der Waals surface area (Å²) >= 11 is 0. The lowest BCUT2D eigenvalue weighted by atomic mass is 11.0.